The molecule has 0 saturated carbocycles. The summed E-state index contributed by atoms with van der Waals surface area (Å²) >= 11 is 5.49. The van der Waals surface area contributed by atoms with Crippen LogP contribution in [0, 0.1) is 0 Å². The monoisotopic (exact) mass is 401 g/mol. The Morgan fingerprint density at radius 1 is 0.793 bits per heavy atom. The van der Waals surface area contributed by atoms with Crippen LogP contribution in [0.25, 0.3) is 11.1 Å². The first-order chi connectivity index (χ1) is 14.3. The largest absolute Gasteiger partial charge is 0.332 e. The molecule has 146 valence electrons. The second kappa shape index (κ2) is 7.95. The van der Waals surface area contributed by atoms with Crippen LogP contribution in [0.4, 0.5) is 5.69 Å². The maximum atomic E-state index is 5.49. The highest BCUT2D eigenvalue weighted by molar-refractivity contribution is 7.80. The van der Waals surface area contributed by atoms with Crippen molar-refractivity contribution >= 4 is 23.0 Å². The molecule has 5 heteroatoms. The fourth-order valence-corrected chi connectivity index (χ4v) is 4.86. The van der Waals surface area contributed by atoms with Crippen molar-refractivity contribution in [3.63, 3.8) is 0 Å². The zero-order chi connectivity index (χ0) is 19.6. The Morgan fingerprint density at radius 3 is 1.97 bits per heavy atom. The van der Waals surface area contributed by atoms with E-state index in [9.17, 15) is 0 Å². The van der Waals surface area contributed by atoms with E-state index < -0.39 is 0 Å². The predicted molar refractivity (Wildman–Crippen MR) is 122 cm³/mol. The summed E-state index contributed by atoms with van der Waals surface area (Å²) in [5.74, 6) is 0. The van der Waals surface area contributed by atoms with E-state index in [0.717, 1.165) is 31.9 Å². The van der Waals surface area contributed by atoms with E-state index in [2.05, 4.69) is 64.3 Å². The fourth-order valence-electron chi connectivity index (χ4n) is 4.61. The quantitative estimate of drug-likeness (QED) is 0.590. The standard InChI is InChI=1S/C24H24N4S/c29-24(25-18-8-2-1-3-9-18)26-28-16-14-27(15-17-28)23-21-12-6-4-10-19(21)20-11-5-7-13-22(20)23/h1-13,23H,14-17H2,(H2,25,26,29)/p+1. The molecule has 1 fully saturated rings. The SMILES string of the molecule is S=C(Nc1ccccc1)NN1CC[NH+](C2c3ccccc3-c3ccccc32)CC1. The number of hydrazine groups is 1. The summed E-state index contributed by atoms with van der Waals surface area (Å²) in [6, 6.07) is 28.2. The van der Waals surface area contributed by atoms with Crippen LogP contribution in [0.1, 0.15) is 17.2 Å². The van der Waals surface area contributed by atoms with Gasteiger partial charge in [0.2, 0.25) is 0 Å². The van der Waals surface area contributed by atoms with Crippen LogP contribution >= 0.6 is 12.2 Å². The van der Waals surface area contributed by atoms with Crippen molar-refractivity contribution in [2.45, 2.75) is 6.04 Å². The Bertz CT molecular complexity index is 967. The second-order valence-electron chi connectivity index (χ2n) is 7.68. The van der Waals surface area contributed by atoms with Crippen LogP contribution in [0.3, 0.4) is 0 Å². The number of piperazine rings is 1. The number of nitrogens with zero attached hydrogens (tertiary/aromatic N) is 1. The number of fused-ring (bicyclic) bond motifs is 3. The molecule has 0 amide bonds. The Balaban J connectivity index is 1.25. The van der Waals surface area contributed by atoms with Gasteiger partial charge >= 0.3 is 0 Å². The molecule has 4 nitrogen and oxygen atoms in total. The van der Waals surface area contributed by atoms with Crippen LogP contribution in [-0.2, 0) is 0 Å². The predicted octanol–water partition coefficient (Wildman–Crippen LogP) is 2.86. The number of hydrogen-bond donors (Lipinski definition) is 3. The summed E-state index contributed by atoms with van der Waals surface area (Å²) in [6.45, 7) is 4.09. The first-order valence-corrected chi connectivity index (χ1v) is 10.6. The van der Waals surface area contributed by atoms with Gasteiger partial charge in [-0.1, -0.05) is 66.7 Å². The molecule has 0 atom stereocenters. The lowest BCUT2D eigenvalue weighted by Gasteiger charge is -2.36. The number of hydrogen-bond acceptors (Lipinski definition) is 2. The van der Waals surface area contributed by atoms with Gasteiger partial charge in [0.15, 0.2) is 5.11 Å². The molecule has 0 unspecified atom stereocenters. The lowest BCUT2D eigenvalue weighted by Crippen LogP contribution is -3.15. The van der Waals surface area contributed by atoms with Gasteiger partial charge in [-0.25, -0.2) is 5.01 Å². The van der Waals surface area contributed by atoms with Crippen molar-refractivity contribution in [2.75, 3.05) is 31.5 Å². The van der Waals surface area contributed by atoms with Gasteiger partial charge in [-0.15, -0.1) is 0 Å². The molecule has 0 spiro atoms. The highest BCUT2D eigenvalue weighted by Gasteiger charge is 2.37. The van der Waals surface area contributed by atoms with Crippen molar-refractivity contribution in [2.24, 2.45) is 0 Å². The minimum atomic E-state index is 0.430. The highest BCUT2D eigenvalue weighted by Crippen LogP contribution is 2.41. The minimum Gasteiger partial charge on any atom is -0.332 e. The number of anilines is 1. The third-order valence-electron chi connectivity index (χ3n) is 5.94. The van der Waals surface area contributed by atoms with E-state index in [4.69, 9.17) is 12.2 Å². The van der Waals surface area contributed by atoms with Gasteiger partial charge in [-0.05, 0) is 35.5 Å². The molecule has 0 radical (unpaired) electrons. The van der Waals surface area contributed by atoms with Crippen LogP contribution in [0.2, 0.25) is 0 Å². The van der Waals surface area contributed by atoms with E-state index in [1.165, 1.54) is 22.3 Å². The molecule has 1 aliphatic heterocycles. The van der Waals surface area contributed by atoms with E-state index >= 15 is 0 Å². The number of rotatable bonds is 3. The first kappa shape index (κ1) is 18.3. The number of benzene rings is 3. The van der Waals surface area contributed by atoms with Gasteiger partial charge in [-0.2, -0.15) is 0 Å². The molecule has 0 bridgehead atoms. The Kier molecular flexibility index (Phi) is 5.02. The molecule has 2 aliphatic rings. The lowest BCUT2D eigenvalue weighted by molar-refractivity contribution is -0.929. The van der Waals surface area contributed by atoms with Gasteiger partial charge in [0.1, 0.15) is 6.04 Å². The van der Waals surface area contributed by atoms with E-state index in [-0.39, 0.29) is 0 Å². The summed E-state index contributed by atoms with van der Waals surface area (Å²) in [5.41, 5.74) is 10.1. The number of quaternary nitrogens is 1. The summed E-state index contributed by atoms with van der Waals surface area (Å²) in [4.78, 5) is 1.63. The van der Waals surface area contributed by atoms with Crippen LogP contribution in [0.15, 0.2) is 78.9 Å². The summed E-state index contributed by atoms with van der Waals surface area (Å²) in [5, 5.41) is 6.13. The van der Waals surface area contributed by atoms with Crippen molar-refractivity contribution < 1.29 is 4.90 Å². The molecule has 29 heavy (non-hydrogen) atoms. The van der Waals surface area contributed by atoms with Crippen molar-refractivity contribution in [3.8, 4) is 11.1 Å². The maximum absolute atomic E-state index is 5.49. The zero-order valence-electron chi connectivity index (χ0n) is 16.3. The molecule has 5 rings (SSSR count). The normalized spacial score (nSPS) is 16.8. The second-order valence-corrected chi connectivity index (χ2v) is 8.09. The van der Waals surface area contributed by atoms with Crippen LogP contribution in [-0.4, -0.2) is 36.3 Å². The number of thiocarbonyl (C=S) groups is 1. The van der Waals surface area contributed by atoms with E-state index in [1.54, 1.807) is 4.90 Å². The van der Waals surface area contributed by atoms with E-state index in [0.29, 0.717) is 11.2 Å². The van der Waals surface area contributed by atoms with Gasteiger partial charge in [0.05, 0.1) is 26.2 Å². The molecule has 3 aromatic rings. The zero-order valence-corrected chi connectivity index (χ0v) is 17.1. The molecule has 0 aromatic heterocycles. The van der Waals surface area contributed by atoms with Gasteiger partial charge in [-0.3, -0.25) is 5.43 Å². The third kappa shape index (κ3) is 3.65. The van der Waals surface area contributed by atoms with Gasteiger partial charge in [0, 0.05) is 16.8 Å². The number of nitrogens with one attached hydrogen (secondary N) is 3. The highest BCUT2D eigenvalue weighted by atomic mass is 32.1. The molecular formula is C24H25N4S+. The van der Waals surface area contributed by atoms with Gasteiger partial charge in [0.25, 0.3) is 0 Å². The molecule has 3 N–H and O–H groups in total. The third-order valence-corrected chi connectivity index (χ3v) is 6.13. The average Bonchev–Trinajstić information content (AvgIpc) is 3.10. The Labute approximate surface area is 177 Å². The van der Waals surface area contributed by atoms with Crippen molar-refractivity contribution in [3.05, 3.63) is 90.0 Å². The molecule has 3 aromatic carbocycles. The maximum Gasteiger partial charge on any atom is 0.185 e. The molecule has 1 saturated heterocycles. The average molecular weight is 402 g/mol. The molecular weight excluding hydrogens is 376 g/mol. The molecule has 1 heterocycles. The topological polar surface area (TPSA) is 31.7 Å². The smallest absolute Gasteiger partial charge is 0.185 e. The summed E-state index contributed by atoms with van der Waals surface area (Å²) < 4.78 is 0. The van der Waals surface area contributed by atoms with Crippen molar-refractivity contribution in [1.29, 1.82) is 0 Å². The summed E-state index contributed by atoms with van der Waals surface area (Å²) in [7, 11) is 0. The fraction of sp³-hybridized carbons (Fsp3) is 0.208. The van der Waals surface area contributed by atoms with Crippen LogP contribution < -0.4 is 15.6 Å². The van der Waals surface area contributed by atoms with E-state index in [1.807, 2.05) is 30.3 Å². The Hall–Kier alpha value is -2.73. The van der Waals surface area contributed by atoms with Crippen molar-refractivity contribution in [1.82, 2.24) is 10.4 Å². The first-order valence-electron chi connectivity index (χ1n) is 10.2. The number of para-hydroxylation sites is 1. The Morgan fingerprint density at radius 2 is 1.34 bits per heavy atom. The summed E-state index contributed by atoms with van der Waals surface area (Å²) in [6.07, 6.45) is 0. The van der Waals surface area contributed by atoms with Gasteiger partial charge < -0.3 is 10.2 Å². The lowest BCUT2D eigenvalue weighted by atomic mass is 10.0. The van der Waals surface area contributed by atoms with Crippen LogP contribution in [0.5, 0.6) is 0 Å². The minimum absolute atomic E-state index is 0.430. The molecule has 1 aliphatic carbocycles.